The van der Waals surface area contributed by atoms with E-state index in [1.54, 1.807) is 0 Å². The third kappa shape index (κ3) is 4.75. The summed E-state index contributed by atoms with van der Waals surface area (Å²) in [5.41, 5.74) is 0.302. The fourth-order valence-corrected chi connectivity index (χ4v) is 1.62. The molecule has 114 valence electrons. The van der Waals surface area contributed by atoms with Crippen molar-refractivity contribution >= 4 is 23.2 Å². The smallest absolute Gasteiger partial charge is 0.270 e. The number of carbonyl (C=O) groups is 2. The molecule has 0 aliphatic heterocycles. The Balaban J connectivity index is 2.88. The Bertz CT molecular complexity index is 545. The molecule has 0 fully saturated rings. The molecule has 8 heteroatoms. The predicted octanol–water partition coefficient (Wildman–Crippen LogP) is 0.892. The van der Waals surface area contributed by atoms with Gasteiger partial charge < -0.3 is 16.0 Å². The molecule has 0 spiro atoms. The van der Waals surface area contributed by atoms with Crippen molar-refractivity contribution in [3.05, 3.63) is 33.9 Å². The van der Waals surface area contributed by atoms with Crippen molar-refractivity contribution in [2.24, 2.45) is 0 Å². The Hall–Kier alpha value is -2.64. The summed E-state index contributed by atoms with van der Waals surface area (Å²) < 4.78 is 0. The van der Waals surface area contributed by atoms with E-state index in [0.29, 0.717) is 12.2 Å². The van der Waals surface area contributed by atoms with Gasteiger partial charge in [0, 0.05) is 31.4 Å². The van der Waals surface area contributed by atoms with Crippen molar-refractivity contribution in [2.45, 2.75) is 13.3 Å². The first-order valence-corrected chi connectivity index (χ1v) is 6.50. The molecule has 3 N–H and O–H groups in total. The molecule has 21 heavy (non-hydrogen) atoms. The van der Waals surface area contributed by atoms with E-state index < -0.39 is 10.8 Å². The number of nitro benzene ring substituents is 1. The van der Waals surface area contributed by atoms with Gasteiger partial charge in [-0.2, -0.15) is 0 Å². The van der Waals surface area contributed by atoms with Crippen LogP contribution >= 0.6 is 0 Å². The molecule has 0 heterocycles. The molecule has 0 bridgehead atoms. The lowest BCUT2D eigenvalue weighted by atomic mass is 10.1. The minimum atomic E-state index is -0.579. The minimum Gasteiger partial charge on any atom is -0.376 e. The molecule has 0 unspecified atom stereocenters. The maximum Gasteiger partial charge on any atom is 0.270 e. The van der Waals surface area contributed by atoms with Crippen molar-refractivity contribution in [3.8, 4) is 0 Å². The molecular weight excluding hydrogens is 276 g/mol. The van der Waals surface area contributed by atoms with E-state index in [1.807, 2.05) is 6.92 Å². The van der Waals surface area contributed by atoms with E-state index in [0.717, 1.165) is 6.42 Å². The Morgan fingerprint density at radius 2 is 2.05 bits per heavy atom. The second-order valence-electron chi connectivity index (χ2n) is 4.27. The highest BCUT2D eigenvalue weighted by molar-refractivity contribution is 6.00. The fourth-order valence-electron chi connectivity index (χ4n) is 1.62. The molecule has 0 aliphatic carbocycles. The first kappa shape index (κ1) is 16.4. The van der Waals surface area contributed by atoms with E-state index in [4.69, 9.17) is 0 Å². The third-order valence-corrected chi connectivity index (χ3v) is 2.70. The number of nitrogens with zero attached hydrogens (tertiary/aromatic N) is 1. The highest BCUT2D eigenvalue weighted by atomic mass is 16.6. The number of hydrogen-bond donors (Lipinski definition) is 3. The van der Waals surface area contributed by atoms with E-state index in [-0.39, 0.29) is 23.7 Å². The molecule has 0 saturated heterocycles. The standard InChI is InChI=1S/C13H18N4O4/c1-3-6-15-12(18)8-16-11-5-4-9(17(20)21)7-10(11)13(19)14-2/h4-5,7,16H,3,6,8H2,1-2H3,(H,14,19)(H,15,18). The normalized spacial score (nSPS) is 9.81. The lowest BCUT2D eigenvalue weighted by Gasteiger charge is -2.11. The average molecular weight is 294 g/mol. The second kappa shape index (κ2) is 7.83. The van der Waals surface area contributed by atoms with Gasteiger partial charge in [0.1, 0.15) is 0 Å². The number of nitrogens with one attached hydrogen (secondary N) is 3. The van der Waals surface area contributed by atoms with Crippen molar-refractivity contribution in [1.82, 2.24) is 10.6 Å². The number of anilines is 1. The van der Waals surface area contributed by atoms with Crippen LogP contribution in [-0.4, -0.2) is 36.9 Å². The first-order chi connectivity index (χ1) is 9.99. The van der Waals surface area contributed by atoms with Gasteiger partial charge in [-0.05, 0) is 12.5 Å². The SMILES string of the molecule is CCCNC(=O)CNc1ccc([N+](=O)[O-])cc1C(=O)NC. The number of hydrogen-bond acceptors (Lipinski definition) is 5. The molecule has 2 amide bonds. The number of benzene rings is 1. The number of rotatable bonds is 7. The Kier molecular flexibility index (Phi) is 6.12. The van der Waals surface area contributed by atoms with Crippen molar-refractivity contribution in [1.29, 1.82) is 0 Å². The number of carbonyl (C=O) groups excluding carboxylic acids is 2. The van der Waals surface area contributed by atoms with Gasteiger partial charge in [-0.25, -0.2) is 0 Å². The zero-order valence-corrected chi connectivity index (χ0v) is 11.9. The molecular formula is C13H18N4O4. The van der Waals surface area contributed by atoms with Gasteiger partial charge in [-0.1, -0.05) is 6.92 Å². The molecule has 0 aromatic heterocycles. The van der Waals surface area contributed by atoms with Crippen LogP contribution in [0, 0.1) is 10.1 Å². The van der Waals surface area contributed by atoms with Crippen LogP contribution in [-0.2, 0) is 4.79 Å². The highest BCUT2D eigenvalue weighted by Gasteiger charge is 2.16. The molecule has 8 nitrogen and oxygen atoms in total. The van der Waals surface area contributed by atoms with Gasteiger partial charge in [0.25, 0.3) is 11.6 Å². The predicted molar refractivity (Wildman–Crippen MR) is 78.3 cm³/mol. The van der Waals surface area contributed by atoms with E-state index >= 15 is 0 Å². The zero-order chi connectivity index (χ0) is 15.8. The highest BCUT2D eigenvalue weighted by Crippen LogP contribution is 2.22. The summed E-state index contributed by atoms with van der Waals surface area (Å²) in [6.45, 7) is 2.50. The Labute approximate surface area is 122 Å². The maximum absolute atomic E-state index is 11.8. The summed E-state index contributed by atoms with van der Waals surface area (Å²) in [4.78, 5) is 33.4. The topological polar surface area (TPSA) is 113 Å². The van der Waals surface area contributed by atoms with Crippen LogP contribution in [0.15, 0.2) is 18.2 Å². The number of amides is 2. The van der Waals surface area contributed by atoms with Crippen LogP contribution < -0.4 is 16.0 Å². The first-order valence-electron chi connectivity index (χ1n) is 6.50. The van der Waals surface area contributed by atoms with E-state index in [1.165, 1.54) is 25.2 Å². The van der Waals surface area contributed by atoms with Gasteiger partial charge in [0.2, 0.25) is 5.91 Å². The summed E-state index contributed by atoms with van der Waals surface area (Å²) in [5.74, 6) is -0.673. The van der Waals surface area contributed by atoms with Crippen molar-refractivity contribution < 1.29 is 14.5 Å². The molecule has 1 aromatic rings. The number of nitro groups is 1. The summed E-state index contributed by atoms with van der Waals surface area (Å²) in [5, 5.41) is 18.6. The molecule has 0 aliphatic rings. The third-order valence-electron chi connectivity index (χ3n) is 2.70. The van der Waals surface area contributed by atoms with Gasteiger partial charge in [0.15, 0.2) is 0 Å². The molecule has 1 rings (SSSR count). The molecule has 0 saturated carbocycles. The Morgan fingerprint density at radius 3 is 2.62 bits per heavy atom. The molecule has 0 radical (unpaired) electrons. The second-order valence-corrected chi connectivity index (χ2v) is 4.27. The average Bonchev–Trinajstić information content (AvgIpc) is 2.49. The zero-order valence-electron chi connectivity index (χ0n) is 11.9. The summed E-state index contributed by atoms with van der Waals surface area (Å²) in [6.07, 6.45) is 0.826. The van der Waals surface area contributed by atoms with Crippen LogP contribution in [0.4, 0.5) is 11.4 Å². The summed E-state index contributed by atoms with van der Waals surface area (Å²) in [7, 11) is 1.43. The van der Waals surface area contributed by atoms with Crippen molar-refractivity contribution in [2.75, 3.05) is 25.5 Å². The Morgan fingerprint density at radius 1 is 1.33 bits per heavy atom. The van der Waals surface area contributed by atoms with E-state index in [9.17, 15) is 19.7 Å². The largest absolute Gasteiger partial charge is 0.376 e. The van der Waals surface area contributed by atoms with Crippen molar-refractivity contribution in [3.63, 3.8) is 0 Å². The fraction of sp³-hybridized carbons (Fsp3) is 0.385. The van der Waals surface area contributed by atoms with E-state index in [2.05, 4.69) is 16.0 Å². The van der Waals surface area contributed by atoms with Crippen LogP contribution in [0.3, 0.4) is 0 Å². The van der Waals surface area contributed by atoms with Gasteiger partial charge in [0.05, 0.1) is 17.0 Å². The van der Waals surface area contributed by atoms with Gasteiger partial charge in [-0.15, -0.1) is 0 Å². The van der Waals surface area contributed by atoms with Gasteiger partial charge >= 0.3 is 0 Å². The van der Waals surface area contributed by atoms with Crippen LogP contribution in [0.1, 0.15) is 23.7 Å². The minimum absolute atomic E-state index is 0.0121. The van der Waals surface area contributed by atoms with Crippen LogP contribution in [0.2, 0.25) is 0 Å². The molecule has 0 atom stereocenters. The lowest BCUT2D eigenvalue weighted by molar-refractivity contribution is -0.384. The molecule has 1 aromatic carbocycles. The quantitative estimate of drug-likeness (QED) is 0.510. The summed E-state index contributed by atoms with van der Waals surface area (Å²) in [6, 6.07) is 3.86. The summed E-state index contributed by atoms with van der Waals surface area (Å²) >= 11 is 0. The van der Waals surface area contributed by atoms with Crippen LogP contribution in [0.5, 0.6) is 0 Å². The van der Waals surface area contributed by atoms with Gasteiger partial charge in [-0.3, -0.25) is 19.7 Å². The van der Waals surface area contributed by atoms with Crippen LogP contribution in [0.25, 0.3) is 0 Å². The lowest BCUT2D eigenvalue weighted by Crippen LogP contribution is -2.31. The maximum atomic E-state index is 11.8. The number of non-ortho nitro benzene ring substituents is 1. The monoisotopic (exact) mass is 294 g/mol.